The maximum atomic E-state index is 10.0. The Morgan fingerprint density at radius 2 is 1.95 bits per heavy atom. The minimum absolute atomic E-state index is 0.0483. The van der Waals surface area contributed by atoms with Crippen LogP contribution >= 0.6 is 0 Å². The average Bonchev–Trinajstić information content (AvgIpc) is 2.43. The van der Waals surface area contributed by atoms with Gasteiger partial charge in [-0.1, -0.05) is 37.6 Å². The molecule has 0 bridgehead atoms. The maximum Gasteiger partial charge on any atom is 0.0914 e. The molecule has 0 aliphatic rings. The Morgan fingerprint density at radius 3 is 2.58 bits per heavy atom. The number of benzene rings is 1. The minimum Gasteiger partial charge on any atom is -0.394 e. The van der Waals surface area contributed by atoms with Crippen LogP contribution in [-0.2, 0) is 11.2 Å². The zero-order valence-corrected chi connectivity index (χ0v) is 11.6. The molecule has 1 aromatic rings. The van der Waals surface area contributed by atoms with Crippen LogP contribution in [0.5, 0.6) is 0 Å². The van der Waals surface area contributed by atoms with Crippen molar-refractivity contribution in [1.29, 1.82) is 0 Å². The van der Waals surface area contributed by atoms with E-state index in [-0.39, 0.29) is 6.61 Å². The van der Waals surface area contributed by atoms with Gasteiger partial charge in [0.25, 0.3) is 0 Å². The van der Waals surface area contributed by atoms with E-state index in [1.807, 2.05) is 12.1 Å². The minimum atomic E-state index is -0.492. The average molecular weight is 267 g/mol. The highest BCUT2D eigenvalue weighted by Crippen LogP contribution is 2.13. The number of aliphatic hydroxyl groups excluding tert-OH is 2. The van der Waals surface area contributed by atoms with E-state index in [0.717, 1.165) is 18.4 Å². The second-order valence-electron chi connectivity index (χ2n) is 4.55. The van der Waals surface area contributed by atoms with Gasteiger partial charge < -0.3 is 20.3 Å². The molecule has 1 unspecified atom stereocenters. The summed E-state index contributed by atoms with van der Waals surface area (Å²) in [5, 5.41) is 21.7. The van der Waals surface area contributed by atoms with Gasteiger partial charge in [0.2, 0.25) is 0 Å². The van der Waals surface area contributed by atoms with Gasteiger partial charge in [-0.05, 0) is 17.5 Å². The maximum absolute atomic E-state index is 10.0. The lowest BCUT2D eigenvalue weighted by molar-refractivity contribution is 0.0910. The van der Waals surface area contributed by atoms with Crippen molar-refractivity contribution in [2.75, 3.05) is 32.9 Å². The van der Waals surface area contributed by atoms with E-state index >= 15 is 0 Å². The van der Waals surface area contributed by atoms with Gasteiger partial charge in [0.15, 0.2) is 0 Å². The summed E-state index contributed by atoms with van der Waals surface area (Å²) in [5.41, 5.74) is 2.24. The molecule has 0 saturated heterocycles. The van der Waals surface area contributed by atoms with Gasteiger partial charge >= 0.3 is 0 Å². The molecule has 0 aliphatic carbocycles. The normalized spacial score (nSPS) is 12.6. The highest BCUT2D eigenvalue weighted by atomic mass is 16.5. The van der Waals surface area contributed by atoms with Gasteiger partial charge in [-0.25, -0.2) is 0 Å². The van der Waals surface area contributed by atoms with Crippen molar-refractivity contribution < 1.29 is 14.9 Å². The lowest BCUT2D eigenvalue weighted by Crippen LogP contribution is -2.25. The Labute approximate surface area is 115 Å². The first-order valence-corrected chi connectivity index (χ1v) is 6.94. The smallest absolute Gasteiger partial charge is 0.0914 e. The fraction of sp³-hybridized carbons (Fsp3) is 0.600. The second-order valence-corrected chi connectivity index (χ2v) is 4.55. The van der Waals surface area contributed by atoms with E-state index in [2.05, 4.69) is 24.4 Å². The molecule has 1 aromatic carbocycles. The van der Waals surface area contributed by atoms with E-state index in [1.54, 1.807) is 0 Å². The topological polar surface area (TPSA) is 61.7 Å². The number of rotatable bonds is 10. The molecule has 0 aliphatic heterocycles. The lowest BCUT2D eigenvalue weighted by Gasteiger charge is -2.13. The number of aryl methyl sites for hydroxylation is 1. The Hall–Kier alpha value is -0.940. The van der Waals surface area contributed by atoms with Crippen molar-refractivity contribution in [1.82, 2.24) is 5.32 Å². The van der Waals surface area contributed by atoms with E-state index in [1.165, 1.54) is 5.56 Å². The van der Waals surface area contributed by atoms with Gasteiger partial charge in [-0.2, -0.15) is 0 Å². The molecule has 4 heteroatoms. The summed E-state index contributed by atoms with van der Waals surface area (Å²) in [6, 6.07) is 8.12. The molecule has 1 rings (SSSR count). The number of hydrogen-bond donors (Lipinski definition) is 3. The molecule has 1 atom stereocenters. The monoisotopic (exact) mass is 267 g/mol. The first-order valence-electron chi connectivity index (χ1n) is 6.94. The highest BCUT2D eigenvalue weighted by molar-refractivity contribution is 5.24. The van der Waals surface area contributed by atoms with E-state index < -0.39 is 6.10 Å². The first-order chi connectivity index (χ1) is 9.27. The van der Waals surface area contributed by atoms with Crippen LogP contribution in [0, 0.1) is 0 Å². The third kappa shape index (κ3) is 6.68. The molecule has 0 fully saturated rings. The molecule has 0 aromatic heterocycles. The van der Waals surface area contributed by atoms with Crippen molar-refractivity contribution in [2.24, 2.45) is 0 Å². The molecule has 3 N–H and O–H groups in total. The molecule has 4 nitrogen and oxygen atoms in total. The molecule has 0 saturated carbocycles. The summed E-state index contributed by atoms with van der Waals surface area (Å²) in [7, 11) is 0. The van der Waals surface area contributed by atoms with Crippen LogP contribution in [0.4, 0.5) is 0 Å². The van der Waals surface area contributed by atoms with Gasteiger partial charge in [-0.15, -0.1) is 0 Å². The summed E-state index contributed by atoms with van der Waals surface area (Å²) in [6.07, 6.45) is 1.72. The highest BCUT2D eigenvalue weighted by Gasteiger charge is 2.06. The molecular weight excluding hydrogens is 242 g/mol. The number of hydrogen-bond acceptors (Lipinski definition) is 4. The zero-order valence-electron chi connectivity index (χ0n) is 11.6. The molecule has 0 heterocycles. The fourth-order valence-corrected chi connectivity index (χ4v) is 1.86. The van der Waals surface area contributed by atoms with Crippen molar-refractivity contribution in [3.05, 3.63) is 35.4 Å². The summed E-state index contributed by atoms with van der Waals surface area (Å²) in [5.74, 6) is 0. The van der Waals surface area contributed by atoms with E-state index in [4.69, 9.17) is 9.84 Å². The van der Waals surface area contributed by atoms with Crippen LogP contribution in [0.1, 0.15) is 30.6 Å². The van der Waals surface area contributed by atoms with Gasteiger partial charge in [0.1, 0.15) is 0 Å². The van der Waals surface area contributed by atoms with Crippen LogP contribution in [0.3, 0.4) is 0 Å². The van der Waals surface area contributed by atoms with E-state index in [0.29, 0.717) is 26.3 Å². The van der Waals surface area contributed by atoms with Crippen molar-refractivity contribution in [3.63, 3.8) is 0 Å². The summed E-state index contributed by atoms with van der Waals surface area (Å²) in [4.78, 5) is 0. The molecule has 0 spiro atoms. The zero-order chi connectivity index (χ0) is 13.9. The lowest BCUT2D eigenvalue weighted by atomic mass is 10.0. The molecular formula is C15H25NO3. The van der Waals surface area contributed by atoms with Crippen LogP contribution in [-0.4, -0.2) is 43.1 Å². The van der Waals surface area contributed by atoms with Crippen LogP contribution in [0.2, 0.25) is 0 Å². The number of ether oxygens (including phenoxy) is 1. The van der Waals surface area contributed by atoms with Crippen LogP contribution in [0.25, 0.3) is 0 Å². The number of nitrogens with one attached hydrogen (secondary N) is 1. The van der Waals surface area contributed by atoms with Crippen molar-refractivity contribution in [2.45, 2.75) is 25.9 Å². The summed E-state index contributed by atoms with van der Waals surface area (Å²) < 4.78 is 5.12. The van der Waals surface area contributed by atoms with E-state index in [9.17, 15) is 5.11 Å². The largest absolute Gasteiger partial charge is 0.394 e. The predicted octanol–water partition coefficient (Wildman–Crippen LogP) is 1.27. The van der Waals surface area contributed by atoms with Gasteiger partial charge in [0, 0.05) is 13.1 Å². The van der Waals surface area contributed by atoms with Crippen molar-refractivity contribution in [3.8, 4) is 0 Å². The summed E-state index contributed by atoms with van der Waals surface area (Å²) >= 11 is 0. The Balaban J connectivity index is 2.23. The summed E-state index contributed by atoms with van der Waals surface area (Å²) in [6.45, 7) is 4.30. The first kappa shape index (κ1) is 16.1. The van der Waals surface area contributed by atoms with Crippen LogP contribution < -0.4 is 5.32 Å². The molecule has 0 radical (unpaired) electrons. The van der Waals surface area contributed by atoms with Crippen molar-refractivity contribution >= 4 is 0 Å². The molecule has 108 valence electrons. The Bertz CT molecular complexity index is 327. The number of aliphatic hydroxyl groups is 2. The molecule has 0 amide bonds. The quantitative estimate of drug-likeness (QED) is 0.559. The Kier molecular flexibility index (Phi) is 8.41. The van der Waals surface area contributed by atoms with Gasteiger partial charge in [0.05, 0.1) is 25.9 Å². The van der Waals surface area contributed by atoms with Crippen LogP contribution in [0.15, 0.2) is 24.3 Å². The molecule has 19 heavy (non-hydrogen) atoms. The van der Waals surface area contributed by atoms with Gasteiger partial charge in [-0.3, -0.25) is 0 Å². The second kappa shape index (κ2) is 9.92. The standard InChI is InChI=1S/C15H25NO3/c1-2-3-13-4-6-14(7-5-13)15(18)12-16-8-10-19-11-9-17/h4-7,15-18H,2-3,8-12H2,1H3. The fourth-order valence-electron chi connectivity index (χ4n) is 1.86. The Morgan fingerprint density at radius 1 is 1.21 bits per heavy atom. The third-order valence-corrected chi connectivity index (χ3v) is 2.90. The third-order valence-electron chi connectivity index (χ3n) is 2.90. The predicted molar refractivity (Wildman–Crippen MR) is 76.2 cm³/mol. The SMILES string of the molecule is CCCc1ccc(C(O)CNCCOCCO)cc1.